The zero-order chi connectivity index (χ0) is 16.5. The van der Waals surface area contributed by atoms with Gasteiger partial charge in [0.05, 0.1) is 11.6 Å². The maximum Gasteiger partial charge on any atom is 0.258 e. The lowest BCUT2D eigenvalue weighted by atomic mass is 10.0. The fourth-order valence-corrected chi connectivity index (χ4v) is 3.21. The molecule has 1 unspecified atom stereocenters. The second kappa shape index (κ2) is 7.29. The van der Waals surface area contributed by atoms with E-state index < -0.39 is 0 Å². The summed E-state index contributed by atoms with van der Waals surface area (Å²) in [5.74, 6) is 0.633. The normalized spacial score (nSPS) is 18.6. The molecular formula is C18H18ClFN2O3. The van der Waals surface area contributed by atoms with E-state index in [1.165, 1.54) is 12.1 Å². The minimum atomic E-state index is -0.303. The van der Waals surface area contributed by atoms with Crippen LogP contribution in [0.25, 0.3) is 0 Å². The molecule has 2 aromatic rings. The van der Waals surface area contributed by atoms with Crippen molar-refractivity contribution in [1.29, 1.82) is 0 Å². The number of nitrogens with one attached hydrogen (secondary N) is 1. The van der Waals surface area contributed by atoms with Crippen LogP contribution >= 0.6 is 12.4 Å². The van der Waals surface area contributed by atoms with E-state index >= 15 is 0 Å². The summed E-state index contributed by atoms with van der Waals surface area (Å²) in [4.78, 5) is 14.9. The van der Waals surface area contributed by atoms with E-state index in [1.807, 2.05) is 6.07 Å². The minimum Gasteiger partial charge on any atom is -0.454 e. The van der Waals surface area contributed by atoms with Crippen molar-refractivity contribution < 1.29 is 18.7 Å². The van der Waals surface area contributed by atoms with Crippen molar-refractivity contribution in [2.24, 2.45) is 0 Å². The van der Waals surface area contributed by atoms with Crippen molar-refractivity contribution in [3.05, 3.63) is 59.4 Å². The van der Waals surface area contributed by atoms with Gasteiger partial charge in [-0.1, -0.05) is 18.2 Å². The second-order valence-electron chi connectivity index (χ2n) is 5.81. The number of hydrogen-bond acceptors (Lipinski definition) is 4. The third kappa shape index (κ3) is 3.27. The van der Waals surface area contributed by atoms with Crippen molar-refractivity contribution in [1.82, 2.24) is 10.2 Å². The maximum atomic E-state index is 13.6. The highest BCUT2D eigenvalue weighted by atomic mass is 35.5. The quantitative estimate of drug-likeness (QED) is 0.890. The van der Waals surface area contributed by atoms with Gasteiger partial charge in [-0.15, -0.1) is 12.4 Å². The number of piperazine rings is 1. The molecule has 132 valence electrons. The fourth-order valence-electron chi connectivity index (χ4n) is 3.21. The SMILES string of the molecule is Cl.O=C(c1cccc2c1OCO2)N1CCNCC1c1cccc(F)c1. The van der Waals surface area contributed by atoms with Gasteiger partial charge in [0.2, 0.25) is 6.79 Å². The molecule has 2 aromatic carbocycles. The van der Waals surface area contributed by atoms with Gasteiger partial charge in [0.1, 0.15) is 5.82 Å². The maximum absolute atomic E-state index is 13.6. The molecule has 2 aliphatic heterocycles. The van der Waals surface area contributed by atoms with Crippen LogP contribution in [0.4, 0.5) is 4.39 Å². The first kappa shape index (κ1) is 17.5. The van der Waals surface area contributed by atoms with E-state index in [4.69, 9.17) is 9.47 Å². The van der Waals surface area contributed by atoms with Gasteiger partial charge in [0.25, 0.3) is 5.91 Å². The van der Waals surface area contributed by atoms with Crippen molar-refractivity contribution >= 4 is 18.3 Å². The Morgan fingerprint density at radius 3 is 2.88 bits per heavy atom. The topological polar surface area (TPSA) is 50.8 Å². The Balaban J connectivity index is 0.00000182. The predicted molar refractivity (Wildman–Crippen MR) is 92.9 cm³/mol. The number of halogens is 2. The number of fused-ring (bicyclic) bond motifs is 1. The van der Waals surface area contributed by atoms with Gasteiger partial charge in [0.15, 0.2) is 11.5 Å². The first-order valence-corrected chi connectivity index (χ1v) is 7.90. The van der Waals surface area contributed by atoms with Crippen LogP contribution in [-0.2, 0) is 0 Å². The van der Waals surface area contributed by atoms with Gasteiger partial charge in [-0.05, 0) is 29.8 Å². The number of para-hydroxylation sites is 1. The Bertz CT molecular complexity index is 787. The number of benzene rings is 2. The summed E-state index contributed by atoms with van der Waals surface area (Å²) in [6.07, 6.45) is 0. The molecule has 0 bridgehead atoms. The third-order valence-electron chi connectivity index (χ3n) is 4.36. The van der Waals surface area contributed by atoms with Crippen molar-refractivity contribution in [2.75, 3.05) is 26.4 Å². The smallest absolute Gasteiger partial charge is 0.258 e. The molecule has 0 radical (unpaired) electrons. The number of hydrogen-bond donors (Lipinski definition) is 1. The van der Waals surface area contributed by atoms with Crippen LogP contribution in [0.3, 0.4) is 0 Å². The van der Waals surface area contributed by atoms with Crippen LogP contribution < -0.4 is 14.8 Å². The second-order valence-corrected chi connectivity index (χ2v) is 5.81. The molecule has 7 heteroatoms. The first-order valence-electron chi connectivity index (χ1n) is 7.90. The van der Waals surface area contributed by atoms with E-state index in [2.05, 4.69) is 5.32 Å². The molecule has 1 saturated heterocycles. The molecule has 0 aliphatic carbocycles. The van der Waals surface area contributed by atoms with Gasteiger partial charge in [-0.3, -0.25) is 4.79 Å². The van der Waals surface area contributed by atoms with Gasteiger partial charge in [-0.25, -0.2) is 4.39 Å². The van der Waals surface area contributed by atoms with E-state index in [9.17, 15) is 9.18 Å². The summed E-state index contributed by atoms with van der Waals surface area (Å²) in [6, 6.07) is 11.5. The zero-order valence-corrected chi connectivity index (χ0v) is 14.2. The van der Waals surface area contributed by atoms with E-state index in [0.717, 1.165) is 5.56 Å². The Hall–Kier alpha value is -2.31. The number of carbonyl (C=O) groups is 1. The third-order valence-corrected chi connectivity index (χ3v) is 4.36. The Kier molecular flexibility index (Phi) is 5.11. The number of carbonyl (C=O) groups excluding carboxylic acids is 1. The van der Waals surface area contributed by atoms with Crippen LogP contribution in [0, 0.1) is 5.82 Å². The van der Waals surface area contributed by atoms with Gasteiger partial charge >= 0.3 is 0 Å². The standard InChI is InChI=1S/C18H17FN2O3.ClH/c19-13-4-1-3-12(9-13)15-10-20-7-8-21(15)18(22)14-5-2-6-16-17(14)24-11-23-16;/h1-6,9,15,20H,7-8,10-11H2;1H. The van der Waals surface area contributed by atoms with Crippen LogP contribution in [-0.4, -0.2) is 37.2 Å². The van der Waals surface area contributed by atoms with Crippen molar-refractivity contribution in [3.63, 3.8) is 0 Å². The summed E-state index contributed by atoms with van der Waals surface area (Å²) in [6.45, 7) is 1.95. The molecule has 1 fully saturated rings. The fraction of sp³-hybridized carbons (Fsp3) is 0.278. The number of amides is 1. The Morgan fingerprint density at radius 1 is 1.20 bits per heavy atom. The molecule has 1 amide bonds. The molecule has 0 saturated carbocycles. The van der Waals surface area contributed by atoms with Gasteiger partial charge < -0.3 is 19.7 Å². The average Bonchev–Trinajstić information content (AvgIpc) is 3.10. The van der Waals surface area contributed by atoms with Gasteiger partial charge in [0, 0.05) is 19.6 Å². The lowest BCUT2D eigenvalue weighted by molar-refractivity contribution is 0.0629. The number of ether oxygens (including phenoxy) is 2. The van der Waals surface area contributed by atoms with Crippen LogP contribution in [0.15, 0.2) is 42.5 Å². The molecule has 0 spiro atoms. The highest BCUT2D eigenvalue weighted by Crippen LogP contribution is 2.37. The summed E-state index contributed by atoms with van der Waals surface area (Å²) in [5, 5.41) is 3.27. The zero-order valence-electron chi connectivity index (χ0n) is 13.4. The monoisotopic (exact) mass is 364 g/mol. The van der Waals surface area contributed by atoms with E-state index in [0.29, 0.717) is 36.7 Å². The lowest BCUT2D eigenvalue weighted by Gasteiger charge is -2.36. The average molecular weight is 365 g/mol. The van der Waals surface area contributed by atoms with Crippen LogP contribution in [0.1, 0.15) is 22.0 Å². The van der Waals surface area contributed by atoms with Crippen LogP contribution in [0.2, 0.25) is 0 Å². The van der Waals surface area contributed by atoms with Gasteiger partial charge in [-0.2, -0.15) is 0 Å². The molecular weight excluding hydrogens is 347 g/mol. The number of rotatable bonds is 2. The molecule has 1 atom stereocenters. The lowest BCUT2D eigenvalue weighted by Crippen LogP contribution is -2.48. The highest BCUT2D eigenvalue weighted by molar-refractivity contribution is 5.98. The van der Waals surface area contributed by atoms with Crippen LogP contribution in [0.5, 0.6) is 11.5 Å². The van der Waals surface area contributed by atoms with Crippen molar-refractivity contribution in [3.8, 4) is 11.5 Å². The molecule has 2 heterocycles. The largest absolute Gasteiger partial charge is 0.454 e. The minimum absolute atomic E-state index is 0. The van der Waals surface area contributed by atoms with E-state index in [-0.39, 0.29) is 37.0 Å². The molecule has 5 nitrogen and oxygen atoms in total. The molecule has 1 N–H and O–H groups in total. The first-order chi connectivity index (χ1) is 11.7. The number of nitrogens with zero attached hydrogens (tertiary/aromatic N) is 1. The van der Waals surface area contributed by atoms with Crippen molar-refractivity contribution in [2.45, 2.75) is 6.04 Å². The summed E-state index contributed by atoms with van der Waals surface area (Å²) in [7, 11) is 0. The summed E-state index contributed by atoms with van der Waals surface area (Å²) < 4.78 is 24.4. The molecule has 2 aliphatic rings. The Morgan fingerprint density at radius 2 is 2.04 bits per heavy atom. The highest BCUT2D eigenvalue weighted by Gasteiger charge is 2.32. The van der Waals surface area contributed by atoms with E-state index in [1.54, 1.807) is 29.2 Å². The summed E-state index contributed by atoms with van der Waals surface area (Å²) >= 11 is 0. The molecule has 4 rings (SSSR count). The Labute approximate surface area is 151 Å². The molecule has 25 heavy (non-hydrogen) atoms. The molecule has 0 aromatic heterocycles. The predicted octanol–water partition coefficient (Wildman–Crippen LogP) is 2.76. The summed E-state index contributed by atoms with van der Waals surface area (Å²) in [5.41, 5.74) is 1.26.